The third-order valence-corrected chi connectivity index (χ3v) is 5.81. The molecule has 0 atom stereocenters. The molecule has 0 fully saturated rings. The number of hydrogen-bond donors (Lipinski definition) is 0. The minimum Gasteiger partial charge on any atom is -0.497 e. The number of ketones is 1. The van der Waals surface area contributed by atoms with E-state index in [1.807, 2.05) is 6.07 Å². The van der Waals surface area contributed by atoms with Crippen LogP contribution in [0, 0.1) is 11.3 Å². The fourth-order valence-corrected chi connectivity index (χ4v) is 3.78. The molecule has 0 N–H and O–H groups in total. The van der Waals surface area contributed by atoms with E-state index in [0.717, 1.165) is 16.0 Å². The van der Waals surface area contributed by atoms with Crippen LogP contribution >= 0.6 is 0 Å². The van der Waals surface area contributed by atoms with Crippen molar-refractivity contribution < 1.29 is 23.5 Å². The summed E-state index contributed by atoms with van der Waals surface area (Å²) in [5.74, 6) is 0.447. The van der Waals surface area contributed by atoms with E-state index in [9.17, 15) is 19.6 Å². The van der Waals surface area contributed by atoms with Crippen LogP contribution in [0.25, 0.3) is 17.4 Å². The van der Waals surface area contributed by atoms with E-state index >= 15 is 0 Å². The van der Waals surface area contributed by atoms with Crippen LogP contribution in [0.3, 0.4) is 0 Å². The van der Waals surface area contributed by atoms with E-state index in [-0.39, 0.29) is 23.5 Å². The molecule has 7 nitrogen and oxygen atoms in total. The summed E-state index contributed by atoms with van der Waals surface area (Å²) in [7, 11) is 1.55. The number of amides is 2. The summed E-state index contributed by atoms with van der Waals surface area (Å²) in [6, 6.07) is 19.4. The van der Waals surface area contributed by atoms with Gasteiger partial charge in [-0.25, -0.2) is 0 Å². The molecule has 0 radical (unpaired) electrons. The topological polar surface area (TPSA) is 101 Å². The molecule has 0 spiro atoms. The van der Waals surface area contributed by atoms with E-state index in [0.29, 0.717) is 28.4 Å². The zero-order valence-electron chi connectivity index (χ0n) is 19.5. The van der Waals surface area contributed by atoms with Crippen LogP contribution < -0.4 is 4.74 Å². The second kappa shape index (κ2) is 9.65. The standard InChI is InChI=1S/C28H22N2O5/c1-17-24(14-23-12-13-26(35-23)21-8-6-20(7-9-21)18(2)31)27(32)30(28(33)25(17)15-29)16-19-4-10-22(34-3)11-5-19/h4-14H,16H2,1-3H3/b24-14+. The molecule has 2 heterocycles. The fraction of sp³-hybridized carbons (Fsp3) is 0.143. The molecule has 4 rings (SSSR count). The third-order valence-electron chi connectivity index (χ3n) is 5.81. The number of carbonyl (C=O) groups excluding carboxylic acids is 3. The van der Waals surface area contributed by atoms with E-state index in [4.69, 9.17) is 9.15 Å². The lowest BCUT2D eigenvalue weighted by Gasteiger charge is -2.27. The molecule has 3 aromatic rings. The summed E-state index contributed by atoms with van der Waals surface area (Å²) < 4.78 is 11.1. The summed E-state index contributed by atoms with van der Waals surface area (Å²) in [6.07, 6.45) is 1.54. The predicted molar refractivity (Wildman–Crippen MR) is 129 cm³/mol. The summed E-state index contributed by atoms with van der Waals surface area (Å²) >= 11 is 0. The van der Waals surface area contributed by atoms with Gasteiger partial charge in [0.2, 0.25) is 0 Å². The number of benzene rings is 2. The van der Waals surface area contributed by atoms with Crippen molar-refractivity contribution in [3.8, 4) is 23.1 Å². The maximum Gasteiger partial charge on any atom is 0.271 e. The minimum absolute atomic E-state index is 0.0172. The predicted octanol–water partition coefficient (Wildman–Crippen LogP) is 4.95. The van der Waals surface area contributed by atoms with Crippen molar-refractivity contribution in [2.75, 3.05) is 7.11 Å². The number of nitrogens with zero attached hydrogens (tertiary/aromatic N) is 2. The van der Waals surface area contributed by atoms with Crippen LogP contribution in [0.1, 0.15) is 35.5 Å². The van der Waals surface area contributed by atoms with Gasteiger partial charge in [0.05, 0.1) is 13.7 Å². The molecule has 0 saturated heterocycles. The Labute approximate surface area is 202 Å². The normalized spacial score (nSPS) is 14.9. The van der Waals surface area contributed by atoms with E-state index in [2.05, 4.69) is 0 Å². The Morgan fingerprint density at radius 1 is 1.03 bits per heavy atom. The van der Waals surface area contributed by atoms with Crippen LogP contribution in [0.2, 0.25) is 0 Å². The van der Waals surface area contributed by atoms with Crippen molar-refractivity contribution in [1.29, 1.82) is 5.26 Å². The van der Waals surface area contributed by atoms with Gasteiger partial charge in [0.1, 0.15) is 28.9 Å². The quantitative estimate of drug-likeness (QED) is 0.289. The van der Waals surface area contributed by atoms with Gasteiger partial charge in [-0.05, 0) is 55.3 Å². The number of imide groups is 1. The Morgan fingerprint density at radius 3 is 2.31 bits per heavy atom. The lowest BCUT2D eigenvalue weighted by molar-refractivity contribution is -0.141. The minimum atomic E-state index is -0.631. The van der Waals surface area contributed by atoms with Gasteiger partial charge in [-0.2, -0.15) is 5.26 Å². The number of nitriles is 1. The molecule has 1 aromatic heterocycles. The monoisotopic (exact) mass is 466 g/mol. The van der Waals surface area contributed by atoms with Gasteiger partial charge < -0.3 is 9.15 Å². The molecule has 0 aliphatic carbocycles. The molecule has 1 aliphatic heterocycles. The summed E-state index contributed by atoms with van der Waals surface area (Å²) in [5, 5.41) is 9.61. The van der Waals surface area contributed by atoms with Gasteiger partial charge in [-0.1, -0.05) is 36.4 Å². The largest absolute Gasteiger partial charge is 0.497 e. The first-order valence-electron chi connectivity index (χ1n) is 10.9. The number of furan rings is 1. The highest BCUT2D eigenvalue weighted by atomic mass is 16.5. The number of Topliss-reactive ketones (excluding diaryl/α,β-unsaturated/α-hetero) is 1. The second-order valence-electron chi connectivity index (χ2n) is 8.05. The number of hydrogen-bond acceptors (Lipinski definition) is 6. The molecule has 35 heavy (non-hydrogen) atoms. The van der Waals surface area contributed by atoms with Gasteiger partial charge in [0.25, 0.3) is 11.8 Å². The maximum absolute atomic E-state index is 13.3. The number of methoxy groups -OCH3 is 1. The molecule has 0 bridgehead atoms. The lowest BCUT2D eigenvalue weighted by Crippen LogP contribution is -2.42. The van der Waals surface area contributed by atoms with Gasteiger partial charge in [0, 0.05) is 16.7 Å². The highest BCUT2D eigenvalue weighted by Gasteiger charge is 2.35. The number of ether oxygens (including phenoxy) is 1. The van der Waals surface area contributed by atoms with Crippen LogP contribution in [0.5, 0.6) is 5.75 Å². The smallest absolute Gasteiger partial charge is 0.271 e. The van der Waals surface area contributed by atoms with E-state index < -0.39 is 11.8 Å². The Balaban J connectivity index is 1.66. The molecule has 1 aliphatic rings. The Bertz CT molecular complexity index is 1420. The first kappa shape index (κ1) is 23.5. The highest BCUT2D eigenvalue weighted by Crippen LogP contribution is 2.30. The summed E-state index contributed by atoms with van der Waals surface area (Å²) in [5.41, 5.74) is 2.52. The fourth-order valence-electron chi connectivity index (χ4n) is 3.78. The Kier molecular flexibility index (Phi) is 6.47. The van der Waals surface area contributed by atoms with Crippen molar-refractivity contribution in [2.24, 2.45) is 0 Å². The van der Waals surface area contributed by atoms with E-state index in [1.54, 1.807) is 74.7 Å². The molecule has 2 aromatic carbocycles. The zero-order valence-corrected chi connectivity index (χ0v) is 19.5. The molecule has 174 valence electrons. The summed E-state index contributed by atoms with van der Waals surface area (Å²) in [4.78, 5) is 38.8. The van der Waals surface area contributed by atoms with Crippen molar-refractivity contribution >= 4 is 23.7 Å². The number of rotatable bonds is 6. The van der Waals surface area contributed by atoms with Crippen molar-refractivity contribution in [3.05, 3.63) is 94.3 Å². The average molecular weight is 466 g/mol. The third kappa shape index (κ3) is 4.68. The van der Waals surface area contributed by atoms with Crippen LogP contribution in [0.4, 0.5) is 0 Å². The zero-order chi connectivity index (χ0) is 25.1. The van der Waals surface area contributed by atoms with Gasteiger partial charge in [-0.3, -0.25) is 19.3 Å². The van der Waals surface area contributed by atoms with Crippen LogP contribution in [-0.4, -0.2) is 29.6 Å². The summed E-state index contributed by atoms with van der Waals surface area (Å²) in [6.45, 7) is 3.10. The average Bonchev–Trinajstić information content (AvgIpc) is 3.34. The second-order valence-corrected chi connectivity index (χ2v) is 8.05. The Hall–Kier alpha value is -4.70. The number of carbonyl (C=O) groups is 3. The maximum atomic E-state index is 13.3. The van der Waals surface area contributed by atoms with Crippen molar-refractivity contribution in [3.63, 3.8) is 0 Å². The first-order valence-corrected chi connectivity index (χ1v) is 10.9. The molecule has 7 heteroatoms. The van der Waals surface area contributed by atoms with Gasteiger partial charge in [0.15, 0.2) is 5.78 Å². The molecular formula is C28H22N2O5. The molecular weight excluding hydrogens is 444 g/mol. The van der Waals surface area contributed by atoms with Gasteiger partial charge in [-0.15, -0.1) is 0 Å². The SMILES string of the molecule is COc1ccc(CN2C(=O)C(C#N)=C(C)/C(=C\c3ccc(-c4ccc(C(C)=O)cc4)o3)C2=O)cc1. The van der Waals surface area contributed by atoms with Crippen molar-refractivity contribution in [1.82, 2.24) is 4.90 Å². The highest BCUT2D eigenvalue weighted by molar-refractivity contribution is 6.19. The van der Waals surface area contributed by atoms with Crippen LogP contribution in [0.15, 0.2) is 81.8 Å². The lowest BCUT2D eigenvalue weighted by atomic mass is 9.94. The Morgan fingerprint density at radius 2 is 1.71 bits per heavy atom. The van der Waals surface area contributed by atoms with Crippen LogP contribution in [-0.2, 0) is 16.1 Å². The van der Waals surface area contributed by atoms with E-state index in [1.165, 1.54) is 13.0 Å². The van der Waals surface area contributed by atoms with Crippen molar-refractivity contribution in [2.45, 2.75) is 20.4 Å². The first-order chi connectivity index (χ1) is 16.8. The van der Waals surface area contributed by atoms with Gasteiger partial charge >= 0.3 is 0 Å². The molecule has 0 unspecified atom stereocenters. The molecule has 0 saturated carbocycles. The molecule has 2 amide bonds.